The first-order valence-corrected chi connectivity index (χ1v) is 26.7. The van der Waals surface area contributed by atoms with Crippen molar-refractivity contribution in [2.24, 2.45) is 9.98 Å². The third kappa shape index (κ3) is 13.1. The fourth-order valence-corrected chi connectivity index (χ4v) is 10.1. The lowest BCUT2D eigenvalue weighted by Crippen LogP contribution is -2.43. The Hall–Kier alpha value is -8.58. The third-order valence-corrected chi connectivity index (χ3v) is 14.4. The van der Waals surface area contributed by atoms with Gasteiger partial charge in [-0.05, 0) is 111 Å². The minimum absolute atomic E-state index is 0.180. The number of nitrogens with zero attached hydrogens (tertiary/aromatic N) is 6. The molecule has 0 bridgehead atoms. The molecule has 0 aromatic heterocycles. The second-order valence-electron chi connectivity index (χ2n) is 20.1. The minimum Gasteiger partial charge on any atom is -0.497 e. The van der Waals surface area contributed by atoms with Crippen LogP contribution in [-0.4, -0.2) is 147 Å². The van der Waals surface area contributed by atoms with E-state index in [2.05, 4.69) is 15.5 Å². The van der Waals surface area contributed by atoms with E-state index < -0.39 is 6.04 Å². The van der Waals surface area contributed by atoms with Crippen LogP contribution in [0.3, 0.4) is 0 Å². The van der Waals surface area contributed by atoms with E-state index in [0.29, 0.717) is 103 Å². The number of nitrogens with one attached hydrogen (secondary N) is 2. The highest BCUT2D eigenvalue weighted by Crippen LogP contribution is 2.42. The Balaban J connectivity index is 0.767. The van der Waals surface area contributed by atoms with E-state index in [1.165, 1.54) is 31.3 Å². The molecule has 5 aliphatic heterocycles. The number of imide groups is 1. The smallest absolute Gasteiger partial charge is 0.260 e. The molecule has 2 unspecified atom stereocenters. The lowest BCUT2D eigenvalue weighted by molar-refractivity contribution is -0.137. The van der Waals surface area contributed by atoms with Crippen LogP contribution in [0.4, 0.5) is 17.1 Å². The van der Waals surface area contributed by atoms with Crippen molar-refractivity contribution < 1.29 is 52.5 Å². The standard InChI is InChI=1S/C60H66N8O11/c1-65(2)24-10-8-12-48(64-55(69)13-7-6-9-25-66-56(70)22-23-57(66)71)58(72)63-42-18-14-38(15-19-42)40-28-43-34-61-49-32-53(51(76-4)30-46(49)59(73)67(43)36-40)78-26-11-27-79-54-33-50-47(31-52(54)77-5)60(74)68-37-41(29-44(68)35-62-50)39-16-20-45(75-3)21-17-39/h14-23,30-37,43-44,48H,6-13,24-29H2,1-5H3,(H,63,72)(H,64,69)/t43?,44-,48?/m0/s1. The molecule has 412 valence electrons. The number of rotatable bonds is 25. The predicted octanol–water partition coefficient (Wildman–Crippen LogP) is 8.14. The molecule has 4 aromatic rings. The average molecular weight is 1080 g/mol. The number of unbranched alkanes of at least 4 members (excludes halogenated alkanes) is 3. The maximum absolute atomic E-state index is 14.2. The van der Waals surface area contributed by atoms with Gasteiger partial charge in [0.05, 0.1) is 69.1 Å². The van der Waals surface area contributed by atoms with Crippen LogP contribution in [0.5, 0.6) is 28.7 Å². The Morgan fingerprint density at radius 1 is 0.646 bits per heavy atom. The van der Waals surface area contributed by atoms with Crippen LogP contribution in [0.15, 0.2) is 107 Å². The van der Waals surface area contributed by atoms with Crippen LogP contribution >= 0.6 is 0 Å². The van der Waals surface area contributed by atoms with Gasteiger partial charge in [0.2, 0.25) is 11.8 Å². The summed E-state index contributed by atoms with van der Waals surface area (Å²) in [6.45, 7) is 1.68. The van der Waals surface area contributed by atoms with Crippen molar-refractivity contribution in [2.45, 2.75) is 82.3 Å². The van der Waals surface area contributed by atoms with E-state index in [4.69, 9.17) is 33.7 Å². The van der Waals surface area contributed by atoms with Gasteiger partial charge in [0.25, 0.3) is 23.6 Å². The van der Waals surface area contributed by atoms with Crippen molar-refractivity contribution >= 4 is 76.1 Å². The summed E-state index contributed by atoms with van der Waals surface area (Å²) in [4.78, 5) is 94.5. The Morgan fingerprint density at radius 2 is 1.19 bits per heavy atom. The Bertz CT molecular complexity index is 3110. The summed E-state index contributed by atoms with van der Waals surface area (Å²) < 4.78 is 29.0. The molecule has 5 aliphatic rings. The van der Waals surface area contributed by atoms with Gasteiger partial charge in [-0.15, -0.1) is 0 Å². The number of hydrogen-bond acceptors (Lipinski definition) is 14. The van der Waals surface area contributed by atoms with Crippen molar-refractivity contribution in [3.8, 4) is 28.7 Å². The van der Waals surface area contributed by atoms with Crippen LogP contribution in [0.1, 0.15) is 96.1 Å². The molecule has 9 rings (SSSR count). The summed E-state index contributed by atoms with van der Waals surface area (Å²) in [7, 11) is 8.65. The minimum atomic E-state index is -0.736. The molecule has 0 saturated heterocycles. The number of carbonyl (C=O) groups excluding carboxylic acids is 6. The Labute approximate surface area is 459 Å². The molecule has 6 amide bonds. The number of aliphatic imine (C=N–C) groups is 2. The molecule has 0 saturated carbocycles. The zero-order valence-corrected chi connectivity index (χ0v) is 45.2. The van der Waals surface area contributed by atoms with Crippen LogP contribution < -0.4 is 34.3 Å². The van der Waals surface area contributed by atoms with Crippen LogP contribution in [0.25, 0.3) is 11.1 Å². The van der Waals surface area contributed by atoms with Crippen molar-refractivity contribution in [1.29, 1.82) is 0 Å². The molecule has 0 fully saturated rings. The molecule has 19 heteroatoms. The van der Waals surface area contributed by atoms with Gasteiger partial charge in [-0.2, -0.15) is 0 Å². The average Bonchev–Trinajstić information content (AvgIpc) is 4.36. The Morgan fingerprint density at radius 3 is 1.71 bits per heavy atom. The molecule has 2 N–H and O–H groups in total. The third-order valence-electron chi connectivity index (χ3n) is 14.4. The second kappa shape index (κ2) is 25.3. The highest BCUT2D eigenvalue weighted by atomic mass is 16.5. The lowest BCUT2D eigenvalue weighted by atomic mass is 10.0. The van der Waals surface area contributed by atoms with Gasteiger partial charge >= 0.3 is 0 Å². The normalized spacial score (nSPS) is 17.4. The summed E-state index contributed by atoms with van der Waals surface area (Å²) in [5, 5.41) is 5.91. The summed E-state index contributed by atoms with van der Waals surface area (Å²) in [6, 6.07) is 20.6. The van der Waals surface area contributed by atoms with Crippen molar-refractivity contribution in [3.05, 3.63) is 120 Å². The number of hydrogen-bond donors (Lipinski definition) is 2. The first-order valence-electron chi connectivity index (χ1n) is 26.7. The maximum Gasteiger partial charge on any atom is 0.260 e. The van der Waals surface area contributed by atoms with E-state index >= 15 is 0 Å². The molecule has 5 heterocycles. The van der Waals surface area contributed by atoms with E-state index in [9.17, 15) is 28.8 Å². The first-order chi connectivity index (χ1) is 38.3. The molecule has 0 aliphatic carbocycles. The number of fused-ring (bicyclic) bond motifs is 4. The molecule has 0 spiro atoms. The zero-order chi connectivity index (χ0) is 55.6. The molecule has 0 radical (unpaired) electrons. The number of carbonyl (C=O) groups is 6. The van der Waals surface area contributed by atoms with E-state index in [-0.39, 0.29) is 67.2 Å². The van der Waals surface area contributed by atoms with Gasteiger partial charge in [0.15, 0.2) is 23.0 Å². The van der Waals surface area contributed by atoms with Crippen LogP contribution in [-0.2, 0) is 19.2 Å². The number of amides is 6. The Kier molecular flexibility index (Phi) is 17.6. The highest BCUT2D eigenvalue weighted by Gasteiger charge is 2.35. The summed E-state index contributed by atoms with van der Waals surface area (Å²) in [5.41, 5.74) is 6.13. The van der Waals surface area contributed by atoms with Gasteiger partial charge in [-0.3, -0.25) is 43.7 Å². The molecular weight excluding hydrogens is 1010 g/mol. The maximum atomic E-state index is 14.2. The molecule has 19 nitrogen and oxygen atoms in total. The van der Waals surface area contributed by atoms with E-state index in [1.54, 1.807) is 53.6 Å². The largest absolute Gasteiger partial charge is 0.497 e. The first kappa shape index (κ1) is 55.2. The molecule has 79 heavy (non-hydrogen) atoms. The summed E-state index contributed by atoms with van der Waals surface area (Å²) >= 11 is 0. The van der Waals surface area contributed by atoms with Crippen molar-refractivity contribution in [1.82, 2.24) is 24.9 Å². The number of benzene rings is 4. The van der Waals surface area contributed by atoms with Gasteiger partial charge in [-0.1, -0.05) is 30.7 Å². The number of anilines is 1. The zero-order valence-electron chi connectivity index (χ0n) is 45.2. The van der Waals surface area contributed by atoms with Crippen molar-refractivity contribution in [3.63, 3.8) is 0 Å². The van der Waals surface area contributed by atoms with Gasteiger partial charge in [-0.25, -0.2) is 0 Å². The highest BCUT2D eigenvalue weighted by molar-refractivity contribution is 6.13. The monoisotopic (exact) mass is 1070 g/mol. The number of methoxy groups -OCH3 is 3. The lowest BCUT2D eigenvalue weighted by Gasteiger charge is -2.19. The number of ether oxygens (including phenoxy) is 5. The van der Waals surface area contributed by atoms with E-state index in [1.807, 2.05) is 75.0 Å². The van der Waals surface area contributed by atoms with Gasteiger partial charge < -0.3 is 49.0 Å². The second-order valence-corrected chi connectivity index (χ2v) is 20.1. The molecular formula is C60H66N8O11. The van der Waals surface area contributed by atoms with E-state index in [0.717, 1.165) is 47.4 Å². The topological polar surface area (TPSA) is 210 Å². The summed E-state index contributed by atoms with van der Waals surface area (Å²) in [5.74, 6) is 0.806. The van der Waals surface area contributed by atoms with Gasteiger partial charge in [0.1, 0.15) is 11.8 Å². The molecule has 3 atom stereocenters. The molecule has 4 aromatic carbocycles. The van der Waals surface area contributed by atoms with Crippen molar-refractivity contribution in [2.75, 3.05) is 67.0 Å². The fourth-order valence-electron chi connectivity index (χ4n) is 10.1. The SMILES string of the molecule is COc1ccc(C2=CN3C(=O)c4cc(OC)c(OCCCOc5cc6c(cc5OC)C(=O)N5C=C(c7ccc(NC(=O)C(CCCCN(C)C)NC(=O)CCCCCN8C(=O)C=CC8=O)cc7)CC5C=N6)cc4N=C[C@@H]3C2)cc1. The fraction of sp³-hybridized carbons (Fsp3) is 0.367. The van der Waals surface area contributed by atoms with Crippen LogP contribution in [0.2, 0.25) is 0 Å². The van der Waals surface area contributed by atoms with Crippen LogP contribution in [0, 0.1) is 0 Å². The predicted molar refractivity (Wildman–Crippen MR) is 300 cm³/mol. The van der Waals surface area contributed by atoms with Gasteiger partial charge in [0, 0.05) is 87.0 Å². The summed E-state index contributed by atoms with van der Waals surface area (Å²) in [6.07, 6.45) is 15.5. The quantitative estimate of drug-likeness (QED) is 0.0476.